The molecule has 3 rings (SSSR count). The fourth-order valence-electron chi connectivity index (χ4n) is 3.48. The summed E-state index contributed by atoms with van der Waals surface area (Å²) in [6.07, 6.45) is -4.14. The summed E-state index contributed by atoms with van der Waals surface area (Å²) >= 11 is 0. The Balaban J connectivity index is 1.73. The van der Waals surface area contributed by atoms with Crippen LogP contribution < -0.4 is 4.74 Å². The van der Waals surface area contributed by atoms with Crippen LogP contribution in [0.3, 0.4) is 0 Å². The number of carboxylic acids is 1. The van der Waals surface area contributed by atoms with Gasteiger partial charge in [0, 0.05) is 12.1 Å². The second-order valence-electron chi connectivity index (χ2n) is 6.95. The van der Waals surface area contributed by atoms with E-state index in [9.17, 15) is 27.9 Å². The minimum Gasteiger partial charge on any atom is -0.479 e. The molecule has 0 saturated carbocycles. The smallest absolute Gasteiger partial charge is 0.479 e. The van der Waals surface area contributed by atoms with Crippen LogP contribution >= 0.6 is 0 Å². The number of hydrogen-bond donors (Lipinski definition) is 1. The van der Waals surface area contributed by atoms with Crippen LogP contribution in [0.25, 0.3) is 0 Å². The van der Waals surface area contributed by atoms with E-state index < -0.39 is 29.5 Å². The zero-order chi connectivity index (χ0) is 21.8. The Morgan fingerprint density at radius 2 is 1.73 bits per heavy atom. The van der Waals surface area contributed by atoms with Crippen molar-refractivity contribution in [2.45, 2.75) is 31.3 Å². The Bertz CT molecular complexity index is 886. The molecule has 1 unspecified atom stereocenters. The van der Waals surface area contributed by atoms with Gasteiger partial charge in [-0.2, -0.15) is 0 Å². The van der Waals surface area contributed by atoms with Crippen molar-refractivity contribution in [1.29, 1.82) is 0 Å². The summed E-state index contributed by atoms with van der Waals surface area (Å²) in [5, 5.41) is 9.88. The molecule has 6 nitrogen and oxygen atoms in total. The third kappa shape index (κ3) is 4.91. The topological polar surface area (TPSA) is 76.1 Å². The Hall–Kier alpha value is -3.07. The minimum atomic E-state index is -4.84. The van der Waals surface area contributed by atoms with Crippen LogP contribution in [-0.2, 0) is 16.1 Å². The van der Waals surface area contributed by atoms with E-state index in [1.54, 1.807) is 0 Å². The summed E-state index contributed by atoms with van der Waals surface area (Å²) in [4.78, 5) is 26.3. The molecule has 1 heterocycles. The number of carboxylic acid groups (broad SMARTS) is 1. The number of ether oxygens (including phenoxy) is 2. The van der Waals surface area contributed by atoms with Gasteiger partial charge in [-0.1, -0.05) is 30.3 Å². The average molecular weight is 423 g/mol. The minimum absolute atomic E-state index is 0.0695. The molecule has 9 heteroatoms. The summed E-state index contributed by atoms with van der Waals surface area (Å²) in [5.74, 6) is -2.23. The number of carbonyl (C=O) groups excluding carboxylic acids is 1. The van der Waals surface area contributed by atoms with Crippen molar-refractivity contribution in [1.82, 2.24) is 4.90 Å². The molecular formula is C21H20F3NO5. The molecule has 30 heavy (non-hydrogen) atoms. The molecule has 1 saturated heterocycles. The molecule has 2 aromatic rings. The number of carbonyl (C=O) groups is 2. The molecule has 1 N–H and O–H groups in total. The second kappa shape index (κ2) is 8.74. The molecule has 0 spiro atoms. The lowest BCUT2D eigenvalue weighted by atomic mass is 9.96. The normalized spacial score (nSPS) is 19.0. The molecule has 0 bridgehead atoms. The van der Waals surface area contributed by atoms with Crippen LogP contribution in [0.4, 0.5) is 13.2 Å². The highest BCUT2D eigenvalue weighted by atomic mass is 19.4. The Labute approximate surface area is 170 Å². The van der Waals surface area contributed by atoms with E-state index in [0.717, 1.165) is 17.7 Å². The van der Waals surface area contributed by atoms with E-state index in [1.165, 1.54) is 17.0 Å². The number of likely N-dealkylation sites (tertiary alicyclic amines) is 1. The lowest BCUT2D eigenvalue weighted by Crippen LogP contribution is -2.56. The van der Waals surface area contributed by atoms with Crippen LogP contribution in [0.15, 0.2) is 54.6 Å². The summed E-state index contributed by atoms with van der Waals surface area (Å²) in [6.45, 7) is 0.209. The number of alkyl halides is 3. The quantitative estimate of drug-likeness (QED) is 0.732. The van der Waals surface area contributed by atoms with Crippen molar-refractivity contribution in [2.24, 2.45) is 0 Å². The van der Waals surface area contributed by atoms with Crippen molar-refractivity contribution in [3.8, 4) is 5.75 Å². The fourth-order valence-corrected chi connectivity index (χ4v) is 3.48. The first-order valence-corrected chi connectivity index (χ1v) is 9.24. The van der Waals surface area contributed by atoms with Gasteiger partial charge < -0.3 is 19.5 Å². The molecule has 0 aromatic heterocycles. The number of benzene rings is 2. The predicted molar refractivity (Wildman–Crippen MR) is 99.9 cm³/mol. The highest BCUT2D eigenvalue weighted by Crippen LogP contribution is 2.33. The first-order chi connectivity index (χ1) is 14.2. The number of nitrogens with zero attached hydrogens (tertiary/aromatic N) is 1. The fraction of sp³-hybridized carbons (Fsp3) is 0.333. The zero-order valence-corrected chi connectivity index (χ0v) is 15.9. The van der Waals surface area contributed by atoms with Crippen molar-refractivity contribution in [3.05, 3.63) is 65.7 Å². The molecule has 1 amide bonds. The number of halogens is 3. The second-order valence-corrected chi connectivity index (χ2v) is 6.95. The summed E-state index contributed by atoms with van der Waals surface area (Å²) in [6, 6.07) is 13.6. The largest absolute Gasteiger partial charge is 0.573 e. The first-order valence-electron chi connectivity index (χ1n) is 9.24. The molecule has 0 radical (unpaired) electrons. The standard InChI is InChI=1S/C21H20F3NO5/c22-21(23,24)30-17-9-7-16(8-10-17)18(26)25-12-4-11-20(25,19(27)28)14-29-13-15-5-2-1-3-6-15/h1-3,5-10H,4,11-14H2,(H,27,28). The Kier molecular flexibility index (Phi) is 6.31. The van der Waals surface area contributed by atoms with E-state index in [1.807, 2.05) is 30.3 Å². The molecule has 160 valence electrons. The average Bonchev–Trinajstić information content (AvgIpc) is 3.13. The van der Waals surface area contributed by atoms with Gasteiger partial charge in [0.05, 0.1) is 13.2 Å². The van der Waals surface area contributed by atoms with E-state index in [-0.39, 0.29) is 31.7 Å². The van der Waals surface area contributed by atoms with E-state index in [0.29, 0.717) is 6.42 Å². The maximum Gasteiger partial charge on any atom is 0.573 e. The molecule has 2 aromatic carbocycles. The van der Waals surface area contributed by atoms with Gasteiger partial charge in [-0.25, -0.2) is 4.79 Å². The van der Waals surface area contributed by atoms with Gasteiger partial charge >= 0.3 is 12.3 Å². The highest BCUT2D eigenvalue weighted by molar-refractivity contribution is 5.98. The van der Waals surface area contributed by atoms with Crippen LogP contribution in [0.1, 0.15) is 28.8 Å². The number of aliphatic carboxylic acids is 1. The third-order valence-corrected chi connectivity index (χ3v) is 4.92. The van der Waals surface area contributed by atoms with Crippen molar-refractivity contribution < 1.29 is 37.3 Å². The first kappa shape index (κ1) is 21.6. The SMILES string of the molecule is O=C(c1ccc(OC(F)(F)F)cc1)N1CCCC1(COCc1ccccc1)C(=O)O. The number of amides is 1. The van der Waals surface area contributed by atoms with Crippen molar-refractivity contribution in [3.63, 3.8) is 0 Å². The van der Waals surface area contributed by atoms with Crippen LogP contribution in [0.2, 0.25) is 0 Å². The van der Waals surface area contributed by atoms with Crippen LogP contribution in [0, 0.1) is 0 Å². The van der Waals surface area contributed by atoms with Crippen LogP contribution in [0.5, 0.6) is 5.75 Å². The number of rotatable bonds is 7. The summed E-state index contributed by atoms with van der Waals surface area (Å²) in [7, 11) is 0. The lowest BCUT2D eigenvalue weighted by Gasteiger charge is -2.34. The van der Waals surface area contributed by atoms with Gasteiger partial charge in [0.15, 0.2) is 5.54 Å². The molecule has 1 atom stereocenters. The van der Waals surface area contributed by atoms with Gasteiger partial charge in [-0.15, -0.1) is 13.2 Å². The maximum absolute atomic E-state index is 12.9. The van der Waals surface area contributed by atoms with E-state index in [4.69, 9.17) is 4.74 Å². The summed E-state index contributed by atoms with van der Waals surface area (Å²) in [5.41, 5.74) is -0.596. The van der Waals surface area contributed by atoms with Crippen molar-refractivity contribution >= 4 is 11.9 Å². The predicted octanol–water partition coefficient (Wildman–Crippen LogP) is 3.86. The van der Waals surface area contributed by atoms with Gasteiger partial charge in [-0.3, -0.25) is 4.79 Å². The van der Waals surface area contributed by atoms with Gasteiger partial charge in [0.2, 0.25) is 0 Å². The molecule has 1 fully saturated rings. The monoisotopic (exact) mass is 423 g/mol. The molecule has 0 aliphatic carbocycles. The van der Waals surface area contributed by atoms with Gasteiger partial charge in [0.25, 0.3) is 5.91 Å². The Morgan fingerprint density at radius 1 is 1.07 bits per heavy atom. The van der Waals surface area contributed by atoms with Crippen LogP contribution in [-0.4, -0.2) is 46.9 Å². The van der Waals surface area contributed by atoms with E-state index >= 15 is 0 Å². The highest BCUT2D eigenvalue weighted by Gasteiger charge is 2.50. The third-order valence-electron chi connectivity index (χ3n) is 4.92. The zero-order valence-electron chi connectivity index (χ0n) is 15.9. The summed E-state index contributed by atoms with van der Waals surface area (Å²) < 4.78 is 46.3. The lowest BCUT2D eigenvalue weighted by molar-refractivity contribution is -0.274. The molecule has 1 aliphatic heterocycles. The van der Waals surface area contributed by atoms with Gasteiger partial charge in [0.1, 0.15) is 5.75 Å². The molecular weight excluding hydrogens is 403 g/mol. The van der Waals surface area contributed by atoms with Crippen molar-refractivity contribution in [2.75, 3.05) is 13.2 Å². The molecule has 1 aliphatic rings. The van der Waals surface area contributed by atoms with E-state index in [2.05, 4.69) is 4.74 Å². The Morgan fingerprint density at radius 3 is 2.33 bits per heavy atom. The van der Waals surface area contributed by atoms with Gasteiger partial charge in [-0.05, 0) is 42.7 Å². The number of hydrogen-bond acceptors (Lipinski definition) is 4. The maximum atomic E-state index is 12.9.